The minimum absolute atomic E-state index is 0.322. The molecule has 0 unspecified atom stereocenters. The molecule has 1 nitrogen and oxygen atoms in total. The van der Waals surface area contributed by atoms with Crippen molar-refractivity contribution in [2.24, 2.45) is 0 Å². The second-order valence-corrected chi connectivity index (χ2v) is 2.78. The van der Waals surface area contributed by atoms with E-state index in [1.54, 1.807) is 24.3 Å². The van der Waals surface area contributed by atoms with Crippen LogP contribution in [0.15, 0.2) is 54.6 Å². The number of phenolic OH excluding ortho intramolecular Hbond substituents is 1. The minimum atomic E-state index is -0.537. The third-order valence-electron chi connectivity index (χ3n) is 1.54. The van der Waals surface area contributed by atoms with Gasteiger partial charge in [-0.05, 0) is 24.3 Å². The first-order valence-corrected chi connectivity index (χ1v) is 4.33. The van der Waals surface area contributed by atoms with Crippen LogP contribution in [0.1, 0.15) is 0 Å². The summed E-state index contributed by atoms with van der Waals surface area (Å²) in [5.41, 5.74) is 0. The lowest BCUT2D eigenvalue weighted by molar-refractivity contribution is 0.475. The van der Waals surface area contributed by atoms with Gasteiger partial charge in [-0.1, -0.05) is 24.3 Å². The number of hydrogen-bond acceptors (Lipinski definition) is 1. The quantitative estimate of drug-likeness (QED) is 0.703. The summed E-state index contributed by atoms with van der Waals surface area (Å²) in [6.07, 6.45) is 0. The highest BCUT2D eigenvalue weighted by Crippen LogP contribution is 2.02. The van der Waals surface area contributed by atoms with Crippen LogP contribution in [0.4, 0.5) is 8.78 Å². The molecule has 78 valence electrons. The summed E-state index contributed by atoms with van der Waals surface area (Å²) >= 11 is 0. The molecule has 0 saturated heterocycles. The summed E-state index contributed by atoms with van der Waals surface area (Å²) in [4.78, 5) is 0. The van der Waals surface area contributed by atoms with Crippen LogP contribution in [0.3, 0.4) is 0 Å². The number of hydrogen-bond donors (Lipinski definition) is 1. The Kier molecular flexibility index (Phi) is 4.29. The van der Waals surface area contributed by atoms with Gasteiger partial charge < -0.3 is 5.11 Å². The molecule has 2 aromatic carbocycles. The topological polar surface area (TPSA) is 20.2 Å². The van der Waals surface area contributed by atoms with E-state index < -0.39 is 11.6 Å². The lowest BCUT2D eigenvalue weighted by Gasteiger charge is -1.84. The minimum Gasteiger partial charge on any atom is -0.508 e. The van der Waals surface area contributed by atoms with E-state index >= 15 is 0 Å². The maximum atomic E-state index is 11.9. The van der Waals surface area contributed by atoms with Gasteiger partial charge in [0.25, 0.3) is 0 Å². The van der Waals surface area contributed by atoms with Crippen LogP contribution in [0.5, 0.6) is 5.75 Å². The van der Waals surface area contributed by atoms with Crippen LogP contribution < -0.4 is 0 Å². The van der Waals surface area contributed by atoms with E-state index in [1.807, 2.05) is 6.07 Å². The van der Waals surface area contributed by atoms with Crippen molar-refractivity contribution in [3.05, 3.63) is 66.2 Å². The molecule has 0 bridgehead atoms. The second-order valence-electron chi connectivity index (χ2n) is 2.78. The van der Waals surface area contributed by atoms with Gasteiger partial charge in [0, 0.05) is 6.07 Å². The zero-order chi connectivity index (χ0) is 11.1. The monoisotopic (exact) mass is 208 g/mol. The van der Waals surface area contributed by atoms with Gasteiger partial charge in [-0.2, -0.15) is 0 Å². The Bertz CT molecular complexity index is 384. The molecule has 0 aliphatic heterocycles. The maximum Gasteiger partial charge on any atom is 0.126 e. The molecule has 0 amide bonds. The average molecular weight is 208 g/mol. The van der Waals surface area contributed by atoms with E-state index in [4.69, 9.17) is 5.11 Å². The van der Waals surface area contributed by atoms with Crippen molar-refractivity contribution in [3.63, 3.8) is 0 Å². The molecule has 0 aliphatic carbocycles. The third-order valence-corrected chi connectivity index (χ3v) is 1.54. The fourth-order valence-corrected chi connectivity index (χ4v) is 0.888. The zero-order valence-corrected chi connectivity index (χ0v) is 7.90. The Morgan fingerprint density at radius 1 is 0.733 bits per heavy atom. The molecule has 1 N–H and O–H groups in total. The molecular weight excluding hydrogens is 198 g/mol. The lowest BCUT2D eigenvalue weighted by Crippen LogP contribution is -1.73. The summed E-state index contributed by atoms with van der Waals surface area (Å²) in [7, 11) is 0. The van der Waals surface area contributed by atoms with Crippen LogP contribution in [-0.4, -0.2) is 5.11 Å². The first-order chi connectivity index (χ1) is 7.18. The van der Waals surface area contributed by atoms with E-state index in [2.05, 4.69) is 0 Å². The number of phenols is 1. The maximum absolute atomic E-state index is 11.9. The second kappa shape index (κ2) is 5.75. The van der Waals surface area contributed by atoms with Gasteiger partial charge in [-0.15, -0.1) is 0 Å². The lowest BCUT2D eigenvalue weighted by atomic mass is 10.3. The van der Waals surface area contributed by atoms with E-state index in [0.29, 0.717) is 5.75 Å². The van der Waals surface area contributed by atoms with Crippen LogP contribution in [0, 0.1) is 11.6 Å². The zero-order valence-electron chi connectivity index (χ0n) is 7.90. The standard InChI is InChI=1S/C6H4F2.C6H6O/c7-5-2-1-3-6(8)4-5;7-6-4-2-1-3-5-6/h1-4H;1-5,7H. The van der Waals surface area contributed by atoms with Gasteiger partial charge >= 0.3 is 0 Å². The van der Waals surface area contributed by atoms with Gasteiger partial charge in [0.05, 0.1) is 0 Å². The van der Waals surface area contributed by atoms with Gasteiger partial charge in [-0.25, -0.2) is 8.78 Å². The van der Waals surface area contributed by atoms with Crippen LogP contribution in [-0.2, 0) is 0 Å². The molecule has 0 heterocycles. The number of aromatic hydroxyl groups is 1. The van der Waals surface area contributed by atoms with Gasteiger partial charge in [-0.3, -0.25) is 0 Å². The first kappa shape index (κ1) is 11.2. The SMILES string of the molecule is Fc1cccc(F)c1.Oc1ccccc1. The molecular formula is C12H10F2O. The van der Waals surface area contributed by atoms with Crippen LogP contribution in [0.2, 0.25) is 0 Å². The highest BCUT2D eigenvalue weighted by atomic mass is 19.1. The van der Waals surface area contributed by atoms with Crippen molar-refractivity contribution in [2.45, 2.75) is 0 Å². The fourth-order valence-electron chi connectivity index (χ4n) is 0.888. The number of halogens is 2. The molecule has 0 saturated carbocycles. The average Bonchev–Trinajstić information content (AvgIpc) is 2.19. The molecule has 0 aromatic heterocycles. The Labute approximate surface area is 86.6 Å². The number of rotatable bonds is 0. The summed E-state index contributed by atoms with van der Waals surface area (Å²) in [6.45, 7) is 0. The highest BCUT2D eigenvalue weighted by Gasteiger charge is 1.88. The summed E-state index contributed by atoms with van der Waals surface area (Å²) in [6, 6.07) is 13.3. The fraction of sp³-hybridized carbons (Fsp3) is 0. The molecule has 2 aromatic rings. The molecule has 0 fully saturated rings. The molecule has 15 heavy (non-hydrogen) atoms. The number of para-hydroxylation sites is 1. The summed E-state index contributed by atoms with van der Waals surface area (Å²) < 4.78 is 23.9. The molecule has 0 radical (unpaired) electrons. The molecule has 3 heteroatoms. The third kappa shape index (κ3) is 4.76. The smallest absolute Gasteiger partial charge is 0.126 e. The van der Waals surface area contributed by atoms with E-state index in [0.717, 1.165) is 6.07 Å². The summed E-state index contributed by atoms with van der Waals surface area (Å²) in [5.74, 6) is -0.752. The van der Waals surface area contributed by atoms with E-state index in [1.165, 1.54) is 18.2 Å². The van der Waals surface area contributed by atoms with Crippen LogP contribution in [0.25, 0.3) is 0 Å². The van der Waals surface area contributed by atoms with Crippen molar-refractivity contribution in [1.82, 2.24) is 0 Å². The largest absolute Gasteiger partial charge is 0.508 e. The van der Waals surface area contributed by atoms with E-state index in [9.17, 15) is 8.78 Å². The molecule has 2 rings (SSSR count). The van der Waals surface area contributed by atoms with Gasteiger partial charge in [0.1, 0.15) is 17.4 Å². The van der Waals surface area contributed by atoms with Crippen molar-refractivity contribution in [3.8, 4) is 5.75 Å². The van der Waals surface area contributed by atoms with Crippen molar-refractivity contribution in [2.75, 3.05) is 0 Å². The van der Waals surface area contributed by atoms with Crippen molar-refractivity contribution < 1.29 is 13.9 Å². The summed E-state index contributed by atoms with van der Waals surface area (Å²) in [5, 5.41) is 8.63. The van der Waals surface area contributed by atoms with Crippen LogP contribution >= 0.6 is 0 Å². The normalized spacial score (nSPS) is 8.93. The molecule has 0 atom stereocenters. The van der Waals surface area contributed by atoms with E-state index in [-0.39, 0.29) is 0 Å². The Hall–Kier alpha value is -1.90. The van der Waals surface area contributed by atoms with Crippen molar-refractivity contribution in [1.29, 1.82) is 0 Å². The highest BCUT2D eigenvalue weighted by molar-refractivity contribution is 5.18. The Balaban J connectivity index is 0.000000151. The molecule has 0 spiro atoms. The Morgan fingerprint density at radius 3 is 1.53 bits per heavy atom. The molecule has 0 aliphatic rings. The van der Waals surface area contributed by atoms with Gasteiger partial charge in [0.15, 0.2) is 0 Å². The predicted molar refractivity (Wildman–Crippen MR) is 54.5 cm³/mol. The van der Waals surface area contributed by atoms with Crippen molar-refractivity contribution >= 4 is 0 Å². The Morgan fingerprint density at radius 2 is 1.27 bits per heavy atom. The first-order valence-electron chi connectivity index (χ1n) is 4.33. The number of benzene rings is 2. The van der Waals surface area contributed by atoms with Gasteiger partial charge in [0.2, 0.25) is 0 Å². The predicted octanol–water partition coefficient (Wildman–Crippen LogP) is 3.36.